The van der Waals surface area contributed by atoms with Crippen LogP contribution in [-0.4, -0.2) is 25.0 Å². The van der Waals surface area contributed by atoms with E-state index in [1.54, 1.807) is 0 Å². The van der Waals surface area contributed by atoms with Crippen LogP contribution < -0.4 is 0 Å². The Labute approximate surface area is 50.7 Å². The zero-order valence-corrected chi connectivity index (χ0v) is 5.52. The summed E-state index contributed by atoms with van der Waals surface area (Å²) in [6, 6.07) is 2.09. The van der Waals surface area contributed by atoms with Crippen LogP contribution in [0.25, 0.3) is 0 Å². The minimum absolute atomic E-state index is 0.643. The van der Waals surface area contributed by atoms with E-state index in [4.69, 9.17) is 5.26 Å². The monoisotopic (exact) mass is 112 g/mol. The molecule has 0 atom stereocenters. The molecular formula is C6H12N2. The van der Waals surface area contributed by atoms with Crippen LogP contribution in [0.15, 0.2) is 0 Å². The number of hydrogen-bond acceptors (Lipinski definition) is 2. The molecular weight excluding hydrogens is 100 g/mol. The molecule has 0 heterocycles. The minimum atomic E-state index is 0.643. The lowest BCUT2D eigenvalue weighted by Gasteiger charge is -2.09. The Kier molecular flexibility index (Phi) is 4.29. The van der Waals surface area contributed by atoms with E-state index < -0.39 is 0 Å². The first-order chi connectivity index (χ1) is 3.81. The van der Waals surface area contributed by atoms with Crippen molar-refractivity contribution >= 4 is 0 Å². The molecule has 0 aliphatic rings. The van der Waals surface area contributed by atoms with Gasteiger partial charge in [0, 0.05) is 13.0 Å². The molecule has 0 bridgehead atoms. The van der Waals surface area contributed by atoms with Crippen LogP contribution in [-0.2, 0) is 0 Å². The van der Waals surface area contributed by atoms with Gasteiger partial charge in [0.15, 0.2) is 0 Å². The summed E-state index contributed by atoms with van der Waals surface area (Å²) in [5.41, 5.74) is 0. The quantitative estimate of drug-likeness (QED) is 0.541. The molecule has 0 spiro atoms. The highest BCUT2D eigenvalue weighted by Crippen LogP contribution is 1.82. The molecule has 0 aliphatic heterocycles. The van der Waals surface area contributed by atoms with E-state index in [2.05, 4.69) is 17.9 Å². The molecule has 8 heavy (non-hydrogen) atoms. The maximum atomic E-state index is 8.13. The highest BCUT2D eigenvalue weighted by atomic mass is 15.1. The fourth-order valence-electron chi connectivity index (χ4n) is 0.399. The largest absolute Gasteiger partial charge is 0.306 e. The Hall–Kier alpha value is -0.550. The predicted octanol–water partition coefficient (Wildman–Crippen LogP) is 0.852. The van der Waals surface area contributed by atoms with Crippen LogP contribution in [0.2, 0.25) is 0 Å². The van der Waals surface area contributed by atoms with Gasteiger partial charge in [0.05, 0.1) is 6.07 Å². The second-order valence-electron chi connectivity index (χ2n) is 1.80. The normalized spacial score (nSPS) is 9.25. The maximum absolute atomic E-state index is 8.13. The molecule has 0 aromatic rings. The number of hydrogen-bond donors (Lipinski definition) is 0. The molecule has 0 aromatic carbocycles. The van der Waals surface area contributed by atoms with E-state index in [1.807, 2.05) is 7.05 Å². The van der Waals surface area contributed by atoms with Gasteiger partial charge in [0.2, 0.25) is 0 Å². The Morgan fingerprint density at radius 3 is 2.62 bits per heavy atom. The third-order valence-corrected chi connectivity index (χ3v) is 1.15. The summed E-state index contributed by atoms with van der Waals surface area (Å²) in [4.78, 5) is 2.11. The van der Waals surface area contributed by atoms with Crippen molar-refractivity contribution in [1.29, 1.82) is 5.26 Å². The van der Waals surface area contributed by atoms with Gasteiger partial charge in [0.1, 0.15) is 0 Å². The fourth-order valence-corrected chi connectivity index (χ4v) is 0.399. The van der Waals surface area contributed by atoms with Crippen molar-refractivity contribution in [3.63, 3.8) is 0 Å². The van der Waals surface area contributed by atoms with Crippen molar-refractivity contribution in [3.8, 4) is 6.07 Å². The fraction of sp³-hybridized carbons (Fsp3) is 0.833. The van der Waals surface area contributed by atoms with Gasteiger partial charge in [-0.1, -0.05) is 6.92 Å². The molecule has 0 N–H and O–H groups in total. The van der Waals surface area contributed by atoms with E-state index in [1.165, 1.54) is 0 Å². The first-order valence-electron chi connectivity index (χ1n) is 2.86. The molecule has 0 aliphatic carbocycles. The molecule has 0 saturated heterocycles. The summed E-state index contributed by atoms with van der Waals surface area (Å²) < 4.78 is 0. The van der Waals surface area contributed by atoms with Crippen LogP contribution >= 0.6 is 0 Å². The summed E-state index contributed by atoms with van der Waals surface area (Å²) >= 11 is 0. The Morgan fingerprint density at radius 1 is 1.62 bits per heavy atom. The van der Waals surface area contributed by atoms with Crippen molar-refractivity contribution in [2.45, 2.75) is 13.3 Å². The lowest BCUT2D eigenvalue weighted by atomic mass is 10.4. The van der Waals surface area contributed by atoms with Gasteiger partial charge in [-0.2, -0.15) is 5.26 Å². The van der Waals surface area contributed by atoms with Crippen LogP contribution in [0.1, 0.15) is 13.3 Å². The lowest BCUT2D eigenvalue weighted by Crippen LogP contribution is -2.18. The zero-order chi connectivity index (χ0) is 6.41. The molecule has 0 rings (SSSR count). The van der Waals surface area contributed by atoms with E-state index in [0.29, 0.717) is 6.42 Å². The molecule has 0 aromatic heterocycles. The third kappa shape index (κ3) is 3.63. The van der Waals surface area contributed by atoms with Crippen molar-refractivity contribution in [1.82, 2.24) is 4.90 Å². The predicted molar refractivity (Wildman–Crippen MR) is 33.4 cm³/mol. The van der Waals surface area contributed by atoms with Crippen LogP contribution in [0.4, 0.5) is 0 Å². The van der Waals surface area contributed by atoms with Gasteiger partial charge in [-0.05, 0) is 13.6 Å². The summed E-state index contributed by atoms with van der Waals surface area (Å²) in [6.07, 6.45) is 0.643. The van der Waals surface area contributed by atoms with Crippen LogP contribution in [0.5, 0.6) is 0 Å². The SMILES string of the molecule is CCN(C)CCC#N. The van der Waals surface area contributed by atoms with Crippen molar-refractivity contribution in [2.75, 3.05) is 20.1 Å². The summed E-state index contributed by atoms with van der Waals surface area (Å²) in [6.45, 7) is 4.01. The number of nitriles is 1. The standard InChI is InChI=1S/C6H12N2/c1-3-8(2)6-4-5-7/h3-4,6H2,1-2H3. The molecule has 0 amide bonds. The maximum Gasteiger partial charge on any atom is 0.0635 e. The average molecular weight is 112 g/mol. The Morgan fingerprint density at radius 2 is 2.25 bits per heavy atom. The van der Waals surface area contributed by atoms with Gasteiger partial charge >= 0.3 is 0 Å². The molecule has 0 unspecified atom stereocenters. The molecule has 46 valence electrons. The van der Waals surface area contributed by atoms with E-state index >= 15 is 0 Å². The number of nitrogens with zero attached hydrogens (tertiary/aromatic N) is 2. The third-order valence-electron chi connectivity index (χ3n) is 1.15. The van der Waals surface area contributed by atoms with Gasteiger partial charge in [0.25, 0.3) is 0 Å². The molecule has 2 nitrogen and oxygen atoms in total. The summed E-state index contributed by atoms with van der Waals surface area (Å²) in [7, 11) is 2.01. The van der Waals surface area contributed by atoms with Gasteiger partial charge < -0.3 is 4.90 Å². The number of rotatable bonds is 3. The summed E-state index contributed by atoms with van der Waals surface area (Å²) in [5, 5.41) is 8.13. The molecule has 0 radical (unpaired) electrons. The topological polar surface area (TPSA) is 27.0 Å². The second kappa shape index (κ2) is 4.61. The van der Waals surface area contributed by atoms with Crippen molar-refractivity contribution < 1.29 is 0 Å². The van der Waals surface area contributed by atoms with Crippen molar-refractivity contribution in [3.05, 3.63) is 0 Å². The highest BCUT2D eigenvalue weighted by molar-refractivity contribution is 4.70. The Bertz CT molecular complexity index is 83.0. The molecule has 0 fully saturated rings. The molecule has 2 heteroatoms. The zero-order valence-electron chi connectivity index (χ0n) is 5.52. The summed E-state index contributed by atoms with van der Waals surface area (Å²) in [5.74, 6) is 0. The molecule has 0 saturated carbocycles. The second-order valence-corrected chi connectivity index (χ2v) is 1.80. The van der Waals surface area contributed by atoms with Gasteiger partial charge in [-0.15, -0.1) is 0 Å². The van der Waals surface area contributed by atoms with E-state index in [9.17, 15) is 0 Å². The minimum Gasteiger partial charge on any atom is -0.306 e. The Balaban J connectivity index is 3.01. The van der Waals surface area contributed by atoms with Crippen LogP contribution in [0.3, 0.4) is 0 Å². The van der Waals surface area contributed by atoms with Crippen LogP contribution in [0, 0.1) is 11.3 Å². The first kappa shape index (κ1) is 7.45. The van der Waals surface area contributed by atoms with E-state index in [0.717, 1.165) is 13.1 Å². The highest BCUT2D eigenvalue weighted by Gasteiger charge is 1.89. The lowest BCUT2D eigenvalue weighted by molar-refractivity contribution is 0.362. The smallest absolute Gasteiger partial charge is 0.0635 e. The van der Waals surface area contributed by atoms with E-state index in [-0.39, 0.29) is 0 Å². The first-order valence-corrected chi connectivity index (χ1v) is 2.86. The average Bonchev–Trinajstić information content (AvgIpc) is 1.83. The van der Waals surface area contributed by atoms with Gasteiger partial charge in [-0.25, -0.2) is 0 Å². The van der Waals surface area contributed by atoms with Crippen molar-refractivity contribution in [2.24, 2.45) is 0 Å². The van der Waals surface area contributed by atoms with Gasteiger partial charge in [-0.3, -0.25) is 0 Å².